The predicted molar refractivity (Wildman–Crippen MR) is 163 cm³/mol. The lowest BCUT2D eigenvalue weighted by molar-refractivity contribution is -0.274. The van der Waals surface area contributed by atoms with Gasteiger partial charge in [0.15, 0.2) is 11.0 Å². The molecule has 4 aromatic rings. The highest BCUT2D eigenvalue weighted by atomic mass is 32.2. The number of benzene rings is 3. The van der Waals surface area contributed by atoms with E-state index in [1.165, 1.54) is 40.8 Å². The zero-order valence-electron chi connectivity index (χ0n) is 23.9. The van der Waals surface area contributed by atoms with Crippen molar-refractivity contribution in [1.82, 2.24) is 20.1 Å². The van der Waals surface area contributed by atoms with Crippen LogP contribution in [-0.2, 0) is 6.54 Å². The molecule has 3 aromatic carbocycles. The molecule has 1 aromatic heterocycles. The summed E-state index contributed by atoms with van der Waals surface area (Å²) in [4.78, 5) is 23.8. The zero-order valence-corrected chi connectivity index (χ0v) is 24.7. The first-order valence-electron chi connectivity index (χ1n) is 13.8. The fraction of sp³-hybridized carbons (Fsp3) is 0.290. The minimum atomic E-state index is -4.75. The Hall–Kier alpha value is -4.32. The van der Waals surface area contributed by atoms with Crippen molar-refractivity contribution < 1.29 is 22.7 Å². The number of carbonyl (C=O) groups excluding carboxylic acids is 1. The molecule has 0 radical (unpaired) electrons. The van der Waals surface area contributed by atoms with E-state index in [9.17, 15) is 18.0 Å². The molecule has 43 heavy (non-hydrogen) atoms. The summed E-state index contributed by atoms with van der Waals surface area (Å²) in [6.45, 7) is 6.78. The number of thioether (sulfide) groups is 1. The van der Waals surface area contributed by atoms with Crippen LogP contribution in [0.2, 0.25) is 0 Å². The number of amidine groups is 1. The molecule has 1 saturated heterocycles. The van der Waals surface area contributed by atoms with Crippen LogP contribution in [0.3, 0.4) is 0 Å². The van der Waals surface area contributed by atoms with Crippen LogP contribution in [0.5, 0.6) is 5.75 Å². The average molecular weight is 609 g/mol. The number of carbonyl (C=O) groups is 1. The summed E-state index contributed by atoms with van der Waals surface area (Å²) in [5.74, 6) is 1.37. The number of para-hydroxylation sites is 1. The van der Waals surface area contributed by atoms with E-state index < -0.39 is 12.4 Å². The lowest BCUT2D eigenvalue weighted by Gasteiger charge is -2.37. The first-order chi connectivity index (χ1) is 20.6. The van der Waals surface area contributed by atoms with Crippen molar-refractivity contribution >= 4 is 28.6 Å². The molecular formula is C31H31F3N6O2S. The molecule has 8 nitrogen and oxygen atoms in total. The third-order valence-electron chi connectivity index (χ3n) is 6.91. The number of aliphatic imine (C=N–C) groups is 1. The van der Waals surface area contributed by atoms with E-state index in [4.69, 9.17) is 0 Å². The van der Waals surface area contributed by atoms with Crippen LogP contribution < -0.4 is 15.0 Å². The van der Waals surface area contributed by atoms with Gasteiger partial charge in [-0.3, -0.25) is 0 Å². The van der Waals surface area contributed by atoms with Gasteiger partial charge in [0, 0.05) is 29.6 Å². The first kappa shape index (κ1) is 30.1. The van der Waals surface area contributed by atoms with Gasteiger partial charge in [-0.2, -0.15) is 4.99 Å². The lowest BCUT2D eigenvalue weighted by atomic mass is 9.99. The number of ether oxygens (including phenoxy) is 1. The van der Waals surface area contributed by atoms with E-state index in [0.29, 0.717) is 29.1 Å². The number of hydrogen-bond donors (Lipinski definition) is 1. The van der Waals surface area contributed by atoms with Gasteiger partial charge in [0.25, 0.3) is 0 Å². The van der Waals surface area contributed by atoms with Crippen molar-refractivity contribution in [2.75, 3.05) is 10.7 Å². The zero-order chi connectivity index (χ0) is 30.6. The second kappa shape index (κ2) is 12.9. The Labute approximate surface area is 252 Å². The lowest BCUT2D eigenvalue weighted by Crippen LogP contribution is -2.42. The van der Waals surface area contributed by atoms with Gasteiger partial charge >= 0.3 is 12.4 Å². The maximum absolute atomic E-state index is 12.9. The average Bonchev–Trinajstić information content (AvgIpc) is 3.46. The van der Waals surface area contributed by atoms with Gasteiger partial charge in [-0.25, -0.2) is 14.5 Å². The van der Waals surface area contributed by atoms with Crippen LogP contribution in [-0.4, -0.2) is 44.1 Å². The minimum absolute atomic E-state index is 0.222. The summed E-state index contributed by atoms with van der Waals surface area (Å²) < 4.78 is 42.6. The van der Waals surface area contributed by atoms with E-state index in [-0.39, 0.29) is 11.8 Å². The molecule has 0 saturated carbocycles. The Balaban J connectivity index is 1.22. The van der Waals surface area contributed by atoms with Gasteiger partial charge in [0.1, 0.15) is 12.1 Å². The second-order valence-corrected chi connectivity index (χ2v) is 11.4. The number of halogens is 3. The Morgan fingerprint density at radius 3 is 2.51 bits per heavy atom. The standard InChI is InChI=1S/C31H31F3N6O2S/c1-20(2)26-6-4-5-7-27(26)40-21(3)16-17-43-30(40)37-29(41)35-18-22-8-10-23(11-9-22)28-36-19-39(38-28)24-12-14-25(15-13-24)42-31(32,33)34/h4-15,19-21H,16-18H2,1-3H3,(H,35,41)/b37-30-. The predicted octanol–water partition coefficient (Wildman–Crippen LogP) is 7.55. The Bertz CT molecular complexity index is 1590. The monoisotopic (exact) mass is 608 g/mol. The molecule has 0 spiro atoms. The number of alkyl halides is 3. The van der Waals surface area contributed by atoms with Crippen LogP contribution in [0.25, 0.3) is 17.1 Å². The summed E-state index contributed by atoms with van der Waals surface area (Å²) >= 11 is 1.59. The Kier molecular flexibility index (Phi) is 9.05. The van der Waals surface area contributed by atoms with E-state index >= 15 is 0 Å². The van der Waals surface area contributed by atoms with Gasteiger partial charge in [0.05, 0.1) is 5.69 Å². The number of urea groups is 1. The van der Waals surface area contributed by atoms with E-state index in [2.05, 4.69) is 62.9 Å². The molecule has 2 amide bonds. The number of aromatic nitrogens is 3. The van der Waals surface area contributed by atoms with E-state index in [0.717, 1.165) is 29.0 Å². The Morgan fingerprint density at radius 1 is 1.09 bits per heavy atom. The number of amides is 2. The highest BCUT2D eigenvalue weighted by Crippen LogP contribution is 2.34. The topological polar surface area (TPSA) is 84.6 Å². The molecular weight excluding hydrogens is 577 g/mol. The molecule has 12 heteroatoms. The Morgan fingerprint density at radius 2 is 1.81 bits per heavy atom. The molecule has 224 valence electrons. The van der Waals surface area contributed by atoms with Gasteiger partial charge in [-0.05, 0) is 60.7 Å². The minimum Gasteiger partial charge on any atom is -0.406 e. The number of nitrogens with zero attached hydrogens (tertiary/aromatic N) is 5. The van der Waals surface area contributed by atoms with Crippen molar-refractivity contribution in [1.29, 1.82) is 0 Å². The van der Waals surface area contributed by atoms with Gasteiger partial charge in [-0.1, -0.05) is 68.1 Å². The summed E-state index contributed by atoms with van der Waals surface area (Å²) in [6, 6.07) is 20.9. The molecule has 5 rings (SSSR count). The van der Waals surface area contributed by atoms with Crippen molar-refractivity contribution in [3.05, 3.63) is 90.3 Å². The third-order valence-corrected chi connectivity index (χ3v) is 7.90. The number of rotatable bonds is 7. The van der Waals surface area contributed by atoms with Crippen molar-refractivity contribution in [2.45, 2.75) is 52.1 Å². The largest absolute Gasteiger partial charge is 0.573 e. The number of nitrogens with one attached hydrogen (secondary N) is 1. The number of anilines is 1. The third kappa shape index (κ3) is 7.56. The fourth-order valence-corrected chi connectivity index (χ4v) is 5.93. The molecule has 0 bridgehead atoms. The van der Waals surface area contributed by atoms with E-state index in [1.807, 2.05) is 36.4 Å². The summed E-state index contributed by atoms with van der Waals surface area (Å²) in [6.07, 6.45) is -2.27. The summed E-state index contributed by atoms with van der Waals surface area (Å²) in [5, 5.41) is 8.02. The van der Waals surface area contributed by atoms with Crippen LogP contribution in [0.1, 0.15) is 44.2 Å². The van der Waals surface area contributed by atoms with E-state index in [1.54, 1.807) is 11.8 Å². The molecule has 1 aliphatic rings. The smallest absolute Gasteiger partial charge is 0.406 e. The molecule has 1 fully saturated rings. The van der Waals surface area contributed by atoms with Crippen LogP contribution in [0, 0.1) is 0 Å². The molecule has 1 aliphatic heterocycles. The fourth-order valence-electron chi connectivity index (χ4n) is 4.73. The SMILES string of the molecule is CC(C)c1ccccc1N1/C(=N/C(=O)NCc2ccc(-c3ncn(-c4ccc(OC(F)(F)F)cc4)n3)cc2)SCCC1C. The maximum atomic E-state index is 12.9. The maximum Gasteiger partial charge on any atom is 0.573 e. The van der Waals surface area contributed by atoms with Crippen molar-refractivity contribution in [3.63, 3.8) is 0 Å². The molecule has 1 N–H and O–H groups in total. The second-order valence-electron chi connectivity index (χ2n) is 10.4. The normalized spacial score (nSPS) is 16.5. The summed E-state index contributed by atoms with van der Waals surface area (Å²) in [7, 11) is 0. The molecule has 0 aliphatic carbocycles. The highest BCUT2D eigenvalue weighted by molar-refractivity contribution is 8.14. The highest BCUT2D eigenvalue weighted by Gasteiger charge is 2.31. The van der Waals surface area contributed by atoms with Gasteiger partial charge in [-0.15, -0.1) is 18.3 Å². The molecule has 1 atom stereocenters. The van der Waals surface area contributed by atoms with Gasteiger partial charge < -0.3 is 15.0 Å². The molecule has 2 heterocycles. The quantitative estimate of drug-likeness (QED) is 0.233. The van der Waals surface area contributed by atoms with Crippen LogP contribution in [0.4, 0.5) is 23.7 Å². The number of hydrogen-bond acceptors (Lipinski definition) is 5. The van der Waals surface area contributed by atoms with Crippen LogP contribution in [0.15, 0.2) is 84.1 Å². The van der Waals surface area contributed by atoms with Crippen LogP contribution >= 0.6 is 11.8 Å². The summed E-state index contributed by atoms with van der Waals surface area (Å²) in [5.41, 5.74) is 4.47. The molecule has 1 unspecified atom stereocenters. The van der Waals surface area contributed by atoms with Crippen molar-refractivity contribution in [2.24, 2.45) is 4.99 Å². The van der Waals surface area contributed by atoms with Crippen molar-refractivity contribution in [3.8, 4) is 22.8 Å². The first-order valence-corrected chi connectivity index (χ1v) is 14.8. The van der Waals surface area contributed by atoms with Gasteiger partial charge in [0.2, 0.25) is 0 Å².